The van der Waals surface area contributed by atoms with Gasteiger partial charge in [0.2, 0.25) is 5.91 Å². The minimum absolute atomic E-state index is 0.0877. The molecule has 0 atom stereocenters. The van der Waals surface area contributed by atoms with Crippen molar-refractivity contribution in [3.63, 3.8) is 0 Å². The van der Waals surface area contributed by atoms with E-state index in [1.54, 1.807) is 25.2 Å². The Bertz CT molecular complexity index is 960. The van der Waals surface area contributed by atoms with Gasteiger partial charge in [-0.05, 0) is 31.4 Å². The molecule has 142 valence electrons. The van der Waals surface area contributed by atoms with Crippen LogP contribution in [0.25, 0.3) is 0 Å². The minimum atomic E-state index is -0.330. The monoisotopic (exact) mass is 388 g/mol. The van der Waals surface area contributed by atoms with Crippen molar-refractivity contribution < 1.29 is 14.7 Å². The van der Waals surface area contributed by atoms with Crippen molar-refractivity contribution in [1.29, 1.82) is 0 Å². The fraction of sp³-hybridized carbons (Fsp3) is 0.389. The summed E-state index contributed by atoms with van der Waals surface area (Å²) in [5.41, 5.74) is -0.622. The Balaban J connectivity index is 1.26. The molecule has 9 heteroatoms. The topological polar surface area (TPSA) is 116 Å². The zero-order valence-electron chi connectivity index (χ0n) is 14.7. The van der Waals surface area contributed by atoms with Gasteiger partial charge in [-0.25, -0.2) is 4.79 Å². The predicted molar refractivity (Wildman–Crippen MR) is 99.8 cm³/mol. The highest BCUT2D eigenvalue weighted by Crippen LogP contribution is 2.60. The standard InChI is InChI=1S/C18H20N4O4S/c1-22-6-11(19-16(22)26)15(25)21-18-8-17(9-18,10-18)20-14(24)7-27-13-5-3-2-4-12(13)23/h2-6,23H,7-10H2,1H3,(H,19,26)(H,20,24)(H,21,25). The van der Waals surface area contributed by atoms with E-state index in [2.05, 4.69) is 15.6 Å². The molecule has 3 fully saturated rings. The van der Waals surface area contributed by atoms with Crippen LogP contribution in [0.2, 0.25) is 0 Å². The van der Waals surface area contributed by atoms with Crippen LogP contribution in [0.1, 0.15) is 29.8 Å². The lowest BCUT2D eigenvalue weighted by Gasteiger charge is -2.70. The third-order valence-corrected chi connectivity index (χ3v) is 6.23. The Morgan fingerprint density at radius 2 is 1.89 bits per heavy atom. The van der Waals surface area contributed by atoms with E-state index in [4.69, 9.17) is 0 Å². The fourth-order valence-electron chi connectivity index (χ4n) is 4.02. The SMILES string of the molecule is Cn1cc(C(=O)NC23CC(NC(=O)CSc4ccccc4O)(C2)C3)[nH]c1=O. The third kappa shape index (κ3) is 3.23. The van der Waals surface area contributed by atoms with Crippen molar-refractivity contribution in [1.82, 2.24) is 20.2 Å². The molecule has 27 heavy (non-hydrogen) atoms. The molecule has 0 saturated heterocycles. The van der Waals surface area contributed by atoms with E-state index in [0.717, 1.165) is 0 Å². The van der Waals surface area contributed by atoms with Gasteiger partial charge < -0.3 is 25.3 Å². The van der Waals surface area contributed by atoms with Crippen molar-refractivity contribution >= 4 is 23.6 Å². The lowest BCUT2D eigenvalue weighted by Crippen LogP contribution is -2.83. The number of para-hydroxylation sites is 1. The summed E-state index contributed by atoms with van der Waals surface area (Å²) in [7, 11) is 1.58. The van der Waals surface area contributed by atoms with Crippen molar-refractivity contribution in [3.05, 3.63) is 46.6 Å². The number of aryl methyl sites for hydroxylation is 1. The summed E-state index contributed by atoms with van der Waals surface area (Å²) in [6.45, 7) is 0. The zero-order valence-corrected chi connectivity index (χ0v) is 15.6. The number of aromatic amines is 1. The fourth-order valence-corrected chi connectivity index (χ4v) is 4.77. The number of phenolic OH excluding ortho intramolecular Hbond substituents is 1. The van der Waals surface area contributed by atoms with Gasteiger partial charge in [0.05, 0.1) is 5.75 Å². The van der Waals surface area contributed by atoms with Crippen LogP contribution in [-0.4, -0.2) is 43.3 Å². The molecule has 2 bridgehead atoms. The van der Waals surface area contributed by atoms with E-state index in [0.29, 0.717) is 24.2 Å². The van der Waals surface area contributed by atoms with Crippen molar-refractivity contribution in [2.75, 3.05) is 5.75 Å². The molecule has 3 aliphatic rings. The number of aromatic nitrogens is 2. The number of hydrogen-bond donors (Lipinski definition) is 4. The molecule has 0 aliphatic heterocycles. The highest BCUT2D eigenvalue weighted by atomic mass is 32.2. The van der Waals surface area contributed by atoms with Gasteiger partial charge in [0.1, 0.15) is 11.4 Å². The summed E-state index contributed by atoms with van der Waals surface area (Å²) in [4.78, 5) is 39.1. The molecule has 0 radical (unpaired) electrons. The molecule has 3 aliphatic carbocycles. The van der Waals surface area contributed by atoms with Crippen LogP contribution in [0.4, 0.5) is 0 Å². The third-order valence-electron chi connectivity index (χ3n) is 5.17. The first-order valence-corrected chi connectivity index (χ1v) is 9.58. The smallest absolute Gasteiger partial charge is 0.325 e. The molecule has 3 saturated carbocycles. The average molecular weight is 388 g/mol. The van der Waals surface area contributed by atoms with Crippen LogP contribution in [0.3, 0.4) is 0 Å². The molecular formula is C18H20N4O4S. The van der Waals surface area contributed by atoms with E-state index < -0.39 is 0 Å². The number of amides is 2. The summed E-state index contributed by atoms with van der Waals surface area (Å²) < 4.78 is 1.32. The molecule has 2 aromatic rings. The minimum Gasteiger partial charge on any atom is -0.507 e. The number of rotatable bonds is 6. The first-order chi connectivity index (χ1) is 12.8. The summed E-state index contributed by atoms with van der Waals surface area (Å²) in [5, 5.41) is 15.7. The lowest BCUT2D eigenvalue weighted by molar-refractivity contribution is -0.137. The number of imidazole rings is 1. The maximum atomic E-state index is 12.3. The van der Waals surface area contributed by atoms with Gasteiger partial charge in [0.25, 0.3) is 5.91 Å². The number of nitrogens with zero attached hydrogens (tertiary/aromatic N) is 1. The van der Waals surface area contributed by atoms with Crippen LogP contribution < -0.4 is 16.3 Å². The number of hydrogen-bond acceptors (Lipinski definition) is 5. The van der Waals surface area contributed by atoms with E-state index in [1.807, 2.05) is 6.07 Å². The molecule has 0 unspecified atom stereocenters. The van der Waals surface area contributed by atoms with Crippen LogP contribution in [0.15, 0.2) is 40.2 Å². The van der Waals surface area contributed by atoms with E-state index in [1.165, 1.54) is 22.5 Å². The summed E-state index contributed by atoms with van der Waals surface area (Å²) >= 11 is 1.29. The Morgan fingerprint density at radius 1 is 1.22 bits per heavy atom. The Labute approximate surface area is 159 Å². The van der Waals surface area contributed by atoms with E-state index in [-0.39, 0.29) is 45.8 Å². The maximum absolute atomic E-state index is 12.3. The van der Waals surface area contributed by atoms with Gasteiger partial charge in [-0.2, -0.15) is 0 Å². The Hall–Kier alpha value is -2.68. The summed E-state index contributed by atoms with van der Waals surface area (Å²) in [6, 6.07) is 6.91. The zero-order chi connectivity index (χ0) is 19.2. The Morgan fingerprint density at radius 3 is 2.52 bits per heavy atom. The van der Waals surface area contributed by atoms with Crippen LogP contribution in [0, 0.1) is 0 Å². The number of carbonyl (C=O) groups excluding carboxylic acids is 2. The van der Waals surface area contributed by atoms with Crippen LogP contribution in [-0.2, 0) is 11.8 Å². The number of phenols is 1. The van der Waals surface area contributed by atoms with Gasteiger partial charge in [0, 0.05) is 29.2 Å². The molecule has 8 nitrogen and oxygen atoms in total. The predicted octanol–water partition coefficient (Wildman–Crippen LogP) is 0.732. The number of carbonyl (C=O) groups is 2. The van der Waals surface area contributed by atoms with Crippen molar-refractivity contribution in [2.24, 2.45) is 7.05 Å². The van der Waals surface area contributed by atoms with Gasteiger partial charge >= 0.3 is 5.69 Å². The van der Waals surface area contributed by atoms with Crippen molar-refractivity contribution in [2.45, 2.75) is 35.2 Å². The lowest BCUT2D eigenvalue weighted by atomic mass is 9.44. The first kappa shape index (κ1) is 17.7. The molecule has 1 aromatic heterocycles. The number of benzene rings is 1. The second-order valence-corrected chi connectivity index (χ2v) is 8.45. The highest BCUT2D eigenvalue weighted by molar-refractivity contribution is 8.00. The molecular weight excluding hydrogens is 368 g/mol. The molecule has 0 spiro atoms. The van der Waals surface area contributed by atoms with Crippen molar-refractivity contribution in [3.8, 4) is 5.75 Å². The second kappa shape index (κ2) is 6.19. The normalized spacial score (nSPS) is 25.2. The van der Waals surface area contributed by atoms with Crippen LogP contribution >= 0.6 is 11.8 Å². The molecule has 1 heterocycles. The van der Waals surface area contributed by atoms with Gasteiger partial charge in [-0.15, -0.1) is 11.8 Å². The first-order valence-electron chi connectivity index (χ1n) is 8.60. The quantitative estimate of drug-likeness (QED) is 0.545. The summed E-state index contributed by atoms with van der Waals surface area (Å²) in [5.74, 6) is 0.00311. The summed E-state index contributed by atoms with van der Waals surface area (Å²) in [6.07, 6.45) is 3.54. The Kier molecular flexibility index (Phi) is 4.06. The maximum Gasteiger partial charge on any atom is 0.325 e. The number of nitrogens with one attached hydrogen (secondary N) is 3. The van der Waals surface area contributed by atoms with Gasteiger partial charge in [-0.1, -0.05) is 12.1 Å². The second-order valence-electron chi connectivity index (χ2n) is 7.43. The van der Waals surface area contributed by atoms with Gasteiger partial charge in [-0.3, -0.25) is 9.59 Å². The van der Waals surface area contributed by atoms with Gasteiger partial charge in [0.15, 0.2) is 0 Å². The van der Waals surface area contributed by atoms with E-state index >= 15 is 0 Å². The largest absolute Gasteiger partial charge is 0.507 e. The highest BCUT2D eigenvalue weighted by Gasteiger charge is 2.69. The molecule has 1 aromatic carbocycles. The van der Waals surface area contributed by atoms with E-state index in [9.17, 15) is 19.5 Å². The number of aromatic hydroxyl groups is 1. The molecule has 2 amide bonds. The number of thioether (sulfide) groups is 1. The molecule has 5 rings (SSSR count). The number of H-pyrrole nitrogens is 1. The average Bonchev–Trinajstić information content (AvgIpc) is 2.90. The molecule has 4 N–H and O–H groups in total. The van der Waals surface area contributed by atoms with Crippen LogP contribution in [0.5, 0.6) is 5.75 Å².